The number of guanidine groups is 1. The fourth-order valence-electron chi connectivity index (χ4n) is 2.62. The minimum atomic E-state index is -3.60. The van der Waals surface area contributed by atoms with Crippen molar-refractivity contribution >= 4 is 40.0 Å². The number of hydrogen-bond acceptors (Lipinski definition) is 4. The van der Waals surface area contributed by atoms with Gasteiger partial charge in [0.15, 0.2) is 5.96 Å². The SMILES string of the molecule is CCNC(=NCc1cccc(S(=O)(=O)NCCOC)c1)NCc1ccc(C)c(F)c1.I. The van der Waals surface area contributed by atoms with Gasteiger partial charge < -0.3 is 15.4 Å². The second-order valence-electron chi connectivity index (χ2n) is 6.67. The molecule has 0 bridgehead atoms. The molecule has 0 radical (unpaired) electrons. The summed E-state index contributed by atoms with van der Waals surface area (Å²) < 4.78 is 45.8. The van der Waals surface area contributed by atoms with Crippen molar-refractivity contribution in [1.82, 2.24) is 15.4 Å². The summed E-state index contributed by atoms with van der Waals surface area (Å²) in [4.78, 5) is 4.68. The molecule has 2 rings (SSSR count). The number of benzene rings is 2. The minimum Gasteiger partial charge on any atom is -0.383 e. The summed E-state index contributed by atoms with van der Waals surface area (Å²) in [6, 6.07) is 11.7. The summed E-state index contributed by atoms with van der Waals surface area (Å²) in [5.41, 5.74) is 2.16. The van der Waals surface area contributed by atoms with Crippen LogP contribution in [0.3, 0.4) is 0 Å². The van der Waals surface area contributed by atoms with E-state index in [0.29, 0.717) is 37.8 Å². The Kier molecular flexibility index (Phi) is 12.0. The highest BCUT2D eigenvalue weighted by atomic mass is 127. The molecule has 10 heteroatoms. The van der Waals surface area contributed by atoms with Gasteiger partial charge in [-0.2, -0.15) is 0 Å². The molecule has 0 aliphatic heterocycles. The third-order valence-electron chi connectivity index (χ3n) is 4.27. The van der Waals surface area contributed by atoms with Crippen molar-refractivity contribution in [2.75, 3.05) is 26.8 Å². The van der Waals surface area contributed by atoms with Crippen molar-refractivity contribution in [3.63, 3.8) is 0 Å². The Balaban J connectivity index is 0.00000480. The first-order chi connectivity index (χ1) is 14.4. The number of rotatable bonds is 10. The van der Waals surface area contributed by atoms with Gasteiger partial charge >= 0.3 is 0 Å². The molecule has 31 heavy (non-hydrogen) atoms. The van der Waals surface area contributed by atoms with Crippen LogP contribution in [-0.2, 0) is 27.8 Å². The fourth-order valence-corrected chi connectivity index (χ4v) is 3.70. The van der Waals surface area contributed by atoms with Crippen LogP contribution in [0, 0.1) is 12.7 Å². The van der Waals surface area contributed by atoms with Crippen molar-refractivity contribution in [3.05, 3.63) is 65.0 Å². The number of nitrogens with one attached hydrogen (secondary N) is 3. The van der Waals surface area contributed by atoms with Crippen LogP contribution in [0.15, 0.2) is 52.4 Å². The second-order valence-corrected chi connectivity index (χ2v) is 8.44. The lowest BCUT2D eigenvalue weighted by molar-refractivity contribution is 0.204. The first-order valence-corrected chi connectivity index (χ1v) is 11.2. The highest BCUT2D eigenvalue weighted by Crippen LogP contribution is 2.12. The van der Waals surface area contributed by atoms with E-state index in [-0.39, 0.29) is 41.2 Å². The van der Waals surface area contributed by atoms with Crippen LogP contribution in [0.2, 0.25) is 0 Å². The first kappa shape index (κ1) is 27.3. The largest absolute Gasteiger partial charge is 0.383 e. The Morgan fingerprint density at radius 3 is 2.58 bits per heavy atom. The number of halogens is 2. The van der Waals surface area contributed by atoms with Crippen molar-refractivity contribution in [1.29, 1.82) is 0 Å². The maximum atomic E-state index is 13.7. The van der Waals surface area contributed by atoms with Crippen LogP contribution < -0.4 is 15.4 Å². The topological polar surface area (TPSA) is 91.8 Å². The van der Waals surface area contributed by atoms with Crippen molar-refractivity contribution in [2.45, 2.75) is 31.8 Å². The third-order valence-corrected chi connectivity index (χ3v) is 5.73. The Morgan fingerprint density at radius 2 is 1.90 bits per heavy atom. The van der Waals surface area contributed by atoms with E-state index in [1.165, 1.54) is 19.2 Å². The van der Waals surface area contributed by atoms with Crippen molar-refractivity contribution in [3.8, 4) is 0 Å². The third kappa shape index (κ3) is 9.09. The molecule has 0 atom stereocenters. The van der Waals surface area contributed by atoms with Gasteiger partial charge in [0, 0.05) is 26.7 Å². The standard InChI is InChI=1S/C21H29FN4O3S.HI/c1-4-23-21(25-15-18-9-8-16(2)20(22)13-18)24-14-17-6-5-7-19(12-17)30(27,28)26-10-11-29-3;/h5-9,12-13,26H,4,10-11,14-15H2,1-3H3,(H2,23,24,25);1H. The van der Waals surface area contributed by atoms with E-state index in [1.54, 1.807) is 25.1 Å². The summed E-state index contributed by atoms with van der Waals surface area (Å²) in [7, 11) is -2.09. The Morgan fingerprint density at radius 1 is 1.13 bits per heavy atom. The lowest BCUT2D eigenvalue weighted by atomic mass is 10.1. The Labute approximate surface area is 201 Å². The average Bonchev–Trinajstić information content (AvgIpc) is 2.73. The van der Waals surface area contributed by atoms with Gasteiger partial charge in [-0.1, -0.05) is 24.3 Å². The zero-order valence-electron chi connectivity index (χ0n) is 17.9. The van der Waals surface area contributed by atoms with Crippen LogP contribution in [-0.4, -0.2) is 41.2 Å². The number of aliphatic imine (C=N–C) groups is 1. The van der Waals surface area contributed by atoms with Gasteiger partial charge in [-0.25, -0.2) is 22.5 Å². The summed E-state index contributed by atoms with van der Waals surface area (Å²) >= 11 is 0. The van der Waals surface area contributed by atoms with E-state index < -0.39 is 10.0 Å². The van der Waals surface area contributed by atoms with Crippen LogP contribution in [0.5, 0.6) is 0 Å². The highest BCUT2D eigenvalue weighted by Gasteiger charge is 2.13. The van der Waals surface area contributed by atoms with Crippen LogP contribution in [0.1, 0.15) is 23.6 Å². The van der Waals surface area contributed by atoms with Gasteiger partial charge in [0.1, 0.15) is 5.82 Å². The second kappa shape index (κ2) is 13.6. The molecule has 3 N–H and O–H groups in total. The molecule has 0 saturated carbocycles. The lowest BCUT2D eigenvalue weighted by Crippen LogP contribution is -2.36. The molecule has 2 aromatic carbocycles. The molecule has 0 spiro atoms. The van der Waals surface area contributed by atoms with Gasteiger partial charge in [0.25, 0.3) is 0 Å². The molecule has 0 saturated heterocycles. The molecule has 2 aromatic rings. The number of sulfonamides is 1. The molecule has 172 valence electrons. The smallest absolute Gasteiger partial charge is 0.240 e. The van der Waals surface area contributed by atoms with E-state index in [9.17, 15) is 12.8 Å². The summed E-state index contributed by atoms with van der Waals surface area (Å²) in [6.07, 6.45) is 0. The summed E-state index contributed by atoms with van der Waals surface area (Å²) in [5.74, 6) is 0.318. The normalized spacial score (nSPS) is 11.7. The average molecular weight is 564 g/mol. The Bertz CT molecular complexity index is 971. The van der Waals surface area contributed by atoms with E-state index in [2.05, 4.69) is 20.3 Å². The van der Waals surface area contributed by atoms with Gasteiger partial charge in [-0.3, -0.25) is 0 Å². The lowest BCUT2D eigenvalue weighted by Gasteiger charge is -2.12. The number of aryl methyl sites for hydroxylation is 1. The van der Waals surface area contributed by atoms with Crippen LogP contribution in [0.25, 0.3) is 0 Å². The van der Waals surface area contributed by atoms with E-state index >= 15 is 0 Å². The molecule has 0 unspecified atom stereocenters. The predicted molar refractivity (Wildman–Crippen MR) is 132 cm³/mol. The molecular formula is C21H30FIN4O3S. The number of methoxy groups -OCH3 is 1. The number of ether oxygens (including phenoxy) is 1. The molecule has 0 aliphatic rings. The van der Waals surface area contributed by atoms with Crippen LogP contribution in [0.4, 0.5) is 4.39 Å². The highest BCUT2D eigenvalue weighted by molar-refractivity contribution is 14.0. The predicted octanol–water partition coefficient (Wildman–Crippen LogP) is 2.93. The number of nitrogens with zero attached hydrogens (tertiary/aromatic N) is 1. The van der Waals surface area contributed by atoms with Crippen molar-refractivity contribution < 1.29 is 17.5 Å². The van der Waals surface area contributed by atoms with Crippen LogP contribution >= 0.6 is 24.0 Å². The van der Waals surface area contributed by atoms with E-state index in [0.717, 1.165) is 11.1 Å². The monoisotopic (exact) mass is 564 g/mol. The Hall–Kier alpha value is -1.76. The van der Waals surface area contributed by atoms with Gasteiger partial charge in [0.05, 0.1) is 18.0 Å². The maximum Gasteiger partial charge on any atom is 0.240 e. The van der Waals surface area contributed by atoms with E-state index in [1.807, 2.05) is 19.1 Å². The molecular weight excluding hydrogens is 534 g/mol. The molecule has 0 heterocycles. The maximum absolute atomic E-state index is 13.7. The minimum absolute atomic E-state index is 0. The van der Waals surface area contributed by atoms with Gasteiger partial charge in [-0.05, 0) is 48.7 Å². The molecule has 0 aromatic heterocycles. The molecule has 0 aliphatic carbocycles. The quantitative estimate of drug-likeness (QED) is 0.179. The zero-order valence-corrected chi connectivity index (χ0v) is 21.1. The zero-order chi connectivity index (χ0) is 22.0. The summed E-state index contributed by atoms with van der Waals surface area (Å²) in [6.45, 7) is 5.54. The first-order valence-electron chi connectivity index (χ1n) is 9.70. The molecule has 7 nitrogen and oxygen atoms in total. The van der Waals surface area contributed by atoms with Gasteiger partial charge in [-0.15, -0.1) is 24.0 Å². The molecule has 0 amide bonds. The number of hydrogen-bond donors (Lipinski definition) is 3. The summed E-state index contributed by atoms with van der Waals surface area (Å²) in [5, 5.41) is 6.29. The fraction of sp³-hybridized carbons (Fsp3) is 0.381. The molecule has 0 fully saturated rings. The van der Waals surface area contributed by atoms with Gasteiger partial charge in [0.2, 0.25) is 10.0 Å². The van der Waals surface area contributed by atoms with Crippen molar-refractivity contribution in [2.24, 2.45) is 4.99 Å². The van der Waals surface area contributed by atoms with E-state index in [4.69, 9.17) is 4.74 Å².